The molecule has 0 unspecified atom stereocenters. The Balaban J connectivity index is 1.99. The van der Waals surface area contributed by atoms with Crippen molar-refractivity contribution in [3.8, 4) is 17.2 Å². The van der Waals surface area contributed by atoms with Gasteiger partial charge < -0.3 is 14.5 Å². The van der Waals surface area contributed by atoms with Crippen LogP contribution in [0.2, 0.25) is 0 Å². The Morgan fingerprint density at radius 1 is 1.11 bits per heavy atom. The number of nitrogens with one attached hydrogen (secondary N) is 1. The van der Waals surface area contributed by atoms with Crippen LogP contribution in [0, 0.1) is 4.77 Å². The topological polar surface area (TPSA) is 56.2 Å². The predicted octanol–water partition coefficient (Wildman–Crippen LogP) is 4.79. The zero-order valence-corrected chi connectivity index (χ0v) is 17.1. The fraction of sp³-hybridized carbons (Fsp3) is 0.400. The molecule has 0 amide bonds. The molecule has 0 spiro atoms. The predicted molar refractivity (Wildman–Crippen MR) is 112 cm³/mol. The Bertz CT molecular complexity index is 1110. The second-order valence-corrected chi connectivity index (χ2v) is 8.22. The van der Waals surface area contributed by atoms with E-state index in [0.717, 1.165) is 29.5 Å². The van der Waals surface area contributed by atoms with E-state index in [-0.39, 0.29) is 5.56 Å². The van der Waals surface area contributed by atoms with Gasteiger partial charge in [0.25, 0.3) is 5.56 Å². The molecule has 7 heteroatoms. The lowest BCUT2D eigenvalue weighted by atomic mass is 9.98. The molecule has 27 heavy (non-hydrogen) atoms. The molecule has 0 bridgehead atoms. The first-order valence-corrected chi connectivity index (χ1v) is 10.4. The van der Waals surface area contributed by atoms with Gasteiger partial charge in [-0.25, -0.2) is 4.57 Å². The Hall–Kier alpha value is -2.12. The quantitative estimate of drug-likeness (QED) is 0.640. The number of aromatic amines is 1. The molecule has 2 aromatic heterocycles. The third kappa shape index (κ3) is 3.19. The maximum atomic E-state index is 13.5. The lowest BCUT2D eigenvalue weighted by Crippen LogP contribution is -2.21. The largest absolute Gasteiger partial charge is 0.497 e. The van der Waals surface area contributed by atoms with Crippen molar-refractivity contribution in [1.29, 1.82) is 0 Å². The zero-order valence-electron chi connectivity index (χ0n) is 15.5. The first kappa shape index (κ1) is 18.3. The smallest absolute Gasteiger partial charge is 0.268 e. The van der Waals surface area contributed by atoms with Crippen LogP contribution >= 0.6 is 23.6 Å². The second kappa shape index (κ2) is 7.48. The number of methoxy groups -OCH3 is 2. The number of aromatic nitrogens is 2. The average molecular weight is 403 g/mol. The highest BCUT2D eigenvalue weighted by Crippen LogP contribution is 2.33. The van der Waals surface area contributed by atoms with E-state index in [2.05, 4.69) is 4.98 Å². The van der Waals surface area contributed by atoms with Gasteiger partial charge in [-0.3, -0.25) is 4.79 Å². The highest BCUT2D eigenvalue weighted by molar-refractivity contribution is 7.71. The summed E-state index contributed by atoms with van der Waals surface area (Å²) in [5.41, 5.74) is 1.75. The van der Waals surface area contributed by atoms with Crippen LogP contribution in [0.5, 0.6) is 11.5 Å². The van der Waals surface area contributed by atoms with Crippen LogP contribution in [-0.2, 0) is 12.8 Å². The number of thiophene rings is 1. The molecule has 1 N–H and O–H groups in total. The fourth-order valence-corrected chi connectivity index (χ4v) is 5.41. The lowest BCUT2D eigenvalue weighted by molar-refractivity contribution is 0.393. The van der Waals surface area contributed by atoms with Crippen LogP contribution in [0.3, 0.4) is 0 Å². The Kier molecular flexibility index (Phi) is 5.06. The molecular formula is C20H22N2O3S2. The van der Waals surface area contributed by atoms with Gasteiger partial charge in [-0.1, -0.05) is 12.8 Å². The van der Waals surface area contributed by atoms with Gasteiger partial charge in [-0.05, 0) is 55.6 Å². The standard InChI is InChI=1S/C20H22N2O3S2/c1-24-12-9-10-14(15(11-12)25-2)22-19(23)17-13-7-5-3-4-6-8-16(13)27-18(17)21-20(22)26/h9-11H,3-8H2,1-2H3,(H,21,26). The van der Waals surface area contributed by atoms with Gasteiger partial charge in [0.2, 0.25) is 0 Å². The Morgan fingerprint density at radius 2 is 1.89 bits per heavy atom. The van der Waals surface area contributed by atoms with Crippen LogP contribution in [0.4, 0.5) is 0 Å². The van der Waals surface area contributed by atoms with Crippen molar-refractivity contribution in [2.24, 2.45) is 0 Å². The van der Waals surface area contributed by atoms with Crippen molar-refractivity contribution in [1.82, 2.24) is 9.55 Å². The molecule has 0 atom stereocenters. The monoisotopic (exact) mass is 402 g/mol. The molecule has 0 radical (unpaired) electrons. The summed E-state index contributed by atoms with van der Waals surface area (Å²) >= 11 is 7.22. The van der Waals surface area contributed by atoms with Crippen molar-refractivity contribution < 1.29 is 9.47 Å². The van der Waals surface area contributed by atoms with Gasteiger partial charge in [0.05, 0.1) is 25.3 Å². The molecule has 1 aliphatic carbocycles. The van der Waals surface area contributed by atoms with E-state index >= 15 is 0 Å². The zero-order chi connectivity index (χ0) is 19.0. The Labute approximate surface area is 166 Å². The normalized spacial score (nSPS) is 14.4. The minimum Gasteiger partial charge on any atom is -0.497 e. The molecule has 0 saturated heterocycles. The summed E-state index contributed by atoms with van der Waals surface area (Å²) in [5, 5.41) is 0.781. The molecule has 1 aromatic carbocycles. The highest BCUT2D eigenvalue weighted by atomic mass is 32.1. The van der Waals surface area contributed by atoms with E-state index in [4.69, 9.17) is 21.7 Å². The number of hydrogen-bond donors (Lipinski definition) is 1. The maximum absolute atomic E-state index is 13.5. The summed E-state index contributed by atoms with van der Waals surface area (Å²) in [7, 11) is 3.18. The number of ether oxygens (including phenoxy) is 2. The van der Waals surface area contributed by atoms with Crippen molar-refractivity contribution >= 4 is 33.8 Å². The van der Waals surface area contributed by atoms with Crippen molar-refractivity contribution in [3.63, 3.8) is 0 Å². The molecule has 2 heterocycles. The van der Waals surface area contributed by atoms with Gasteiger partial charge in [0, 0.05) is 10.9 Å². The van der Waals surface area contributed by atoms with Crippen LogP contribution in [0.15, 0.2) is 23.0 Å². The number of H-pyrrole nitrogens is 1. The van der Waals surface area contributed by atoms with E-state index < -0.39 is 0 Å². The first-order valence-electron chi connectivity index (χ1n) is 9.16. The molecule has 1 aliphatic rings. The van der Waals surface area contributed by atoms with Crippen LogP contribution in [0.25, 0.3) is 15.9 Å². The SMILES string of the molecule is COc1ccc(-n2c(=S)[nH]c3sc4c(c3c2=O)CCCCCC4)c(OC)c1. The van der Waals surface area contributed by atoms with Crippen molar-refractivity contribution in [3.05, 3.63) is 43.8 Å². The molecule has 142 valence electrons. The van der Waals surface area contributed by atoms with Gasteiger partial charge >= 0.3 is 0 Å². The third-order valence-electron chi connectivity index (χ3n) is 5.14. The van der Waals surface area contributed by atoms with Gasteiger partial charge in [-0.15, -0.1) is 11.3 Å². The van der Waals surface area contributed by atoms with Gasteiger partial charge in [0.15, 0.2) is 4.77 Å². The minimum atomic E-state index is -0.0738. The van der Waals surface area contributed by atoms with E-state index in [9.17, 15) is 4.79 Å². The van der Waals surface area contributed by atoms with Gasteiger partial charge in [0.1, 0.15) is 16.3 Å². The van der Waals surface area contributed by atoms with E-state index in [1.165, 1.54) is 29.7 Å². The van der Waals surface area contributed by atoms with Gasteiger partial charge in [-0.2, -0.15) is 0 Å². The van der Waals surface area contributed by atoms with Crippen molar-refractivity contribution in [2.45, 2.75) is 38.5 Å². The van der Waals surface area contributed by atoms with Crippen LogP contribution < -0.4 is 15.0 Å². The van der Waals surface area contributed by atoms with Crippen LogP contribution in [-0.4, -0.2) is 23.8 Å². The lowest BCUT2D eigenvalue weighted by Gasteiger charge is -2.13. The van der Waals surface area contributed by atoms with Crippen molar-refractivity contribution in [2.75, 3.05) is 14.2 Å². The number of hydrogen-bond acceptors (Lipinski definition) is 5. The summed E-state index contributed by atoms with van der Waals surface area (Å²) in [6.45, 7) is 0. The van der Waals surface area contributed by atoms with E-state index in [0.29, 0.717) is 22.0 Å². The number of fused-ring (bicyclic) bond motifs is 3. The number of aryl methyl sites for hydroxylation is 2. The van der Waals surface area contributed by atoms with E-state index in [1.807, 2.05) is 12.1 Å². The number of nitrogens with zero attached hydrogens (tertiary/aromatic N) is 1. The summed E-state index contributed by atoms with van der Waals surface area (Å²) in [6, 6.07) is 5.38. The maximum Gasteiger partial charge on any atom is 0.268 e. The summed E-state index contributed by atoms with van der Waals surface area (Å²) in [4.78, 5) is 19.0. The van der Waals surface area contributed by atoms with Crippen LogP contribution in [0.1, 0.15) is 36.1 Å². The van der Waals surface area contributed by atoms with E-state index in [1.54, 1.807) is 36.2 Å². The second-order valence-electron chi connectivity index (χ2n) is 6.73. The molecule has 3 aromatic rings. The fourth-order valence-electron chi connectivity index (χ4n) is 3.78. The molecule has 0 fully saturated rings. The minimum absolute atomic E-state index is 0.0738. The molecule has 5 nitrogen and oxygen atoms in total. The summed E-state index contributed by atoms with van der Waals surface area (Å²) in [5.74, 6) is 1.22. The third-order valence-corrected chi connectivity index (χ3v) is 6.63. The molecule has 0 saturated carbocycles. The highest BCUT2D eigenvalue weighted by Gasteiger charge is 2.20. The molecule has 4 rings (SSSR count). The molecular weight excluding hydrogens is 380 g/mol. The average Bonchev–Trinajstić information content (AvgIpc) is 2.98. The number of rotatable bonds is 3. The Morgan fingerprint density at radius 3 is 2.63 bits per heavy atom. The first-order chi connectivity index (χ1) is 13.1. The summed E-state index contributed by atoms with van der Waals surface area (Å²) in [6.07, 6.45) is 6.79. The summed E-state index contributed by atoms with van der Waals surface area (Å²) < 4.78 is 12.7. The molecule has 0 aliphatic heterocycles. The number of benzene rings is 1.